The number of hydrogen-bond acceptors (Lipinski definition) is 3. The molecular weight excluding hydrogens is 241 g/mol. The summed E-state index contributed by atoms with van der Waals surface area (Å²) in [6, 6.07) is 4.68. The molecule has 96 valence electrons. The Bertz CT molecular complexity index is 491. The molecule has 0 bridgehead atoms. The summed E-state index contributed by atoms with van der Waals surface area (Å²) in [5, 5.41) is 9.09. The van der Waals surface area contributed by atoms with E-state index in [1.807, 2.05) is 0 Å². The van der Waals surface area contributed by atoms with Crippen molar-refractivity contribution in [3.63, 3.8) is 0 Å². The number of carboxylic acid groups (broad SMARTS) is 1. The number of amides is 1. The molecule has 1 fully saturated rings. The van der Waals surface area contributed by atoms with Gasteiger partial charge < -0.3 is 14.7 Å². The third-order valence-corrected chi connectivity index (χ3v) is 2.92. The molecule has 1 amide bonds. The number of rotatable bonds is 2. The topological polar surface area (TPSA) is 66.8 Å². The van der Waals surface area contributed by atoms with Gasteiger partial charge in [-0.1, -0.05) is 12.1 Å². The Kier molecular flexibility index (Phi) is 3.29. The lowest BCUT2D eigenvalue weighted by molar-refractivity contribution is -0.171. The summed E-state index contributed by atoms with van der Waals surface area (Å²) in [5.41, 5.74) is 0.401. The van der Waals surface area contributed by atoms with E-state index in [0.29, 0.717) is 5.56 Å². The smallest absolute Gasteiger partial charge is 0.335 e. The second kappa shape index (κ2) is 4.73. The molecule has 6 heteroatoms. The second-order valence-corrected chi connectivity index (χ2v) is 4.07. The summed E-state index contributed by atoms with van der Waals surface area (Å²) in [6.07, 6.45) is -1.19. The SMILES string of the molecule is CN1C(=O)CO[C@H](C(=O)O)[C@H]1c1cccc(F)c1. The summed E-state index contributed by atoms with van der Waals surface area (Å²) in [7, 11) is 1.48. The van der Waals surface area contributed by atoms with Crippen molar-refractivity contribution in [2.24, 2.45) is 0 Å². The molecule has 0 radical (unpaired) electrons. The molecule has 0 aliphatic carbocycles. The highest BCUT2D eigenvalue weighted by atomic mass is 19.1. The molecule has 0 saturated carbocycles. The van der Waals surface area contributed by atoms with Crippen molar-refractivity contribution in [2.45, 2.75) is 12.1 Å². The number of aliphatic carboxylic acids is 1. The van der Waals surface area contributed by atoms with Crippen LogP contribution in [-0.4, -0.2) is 41.6 Å². The monoisotopic (exact) mass is 253 g/mol. The van der Waals surface area contributed by atoms with Crippen molar-refractivity contribution < 1.29 is 23.8 Å². The van der Waals surface area contributed by atoms with Crippen molar-refractivity contribution in [1.29, 1.82) is 0 Å². The van der Waals surface area contributed by atoms with Gasteiger partial charge in [0.15, 0.2) is 6.10 Å². The Labute approximate surface area is 103 Å². The van der Waals surface area contributed by atoms with Gasteiger partial charge in [0.25, 0.3) is 0 Å². The molecule has 5 nitrogen and oxygen atoms in total. The van der Waals surface area contributed by atoms with Gasteiger partial charge >= 0.3 is 5.97 Å². The number of ether oxygens (including phenoxy) is 1. The maximum atomic E-state index is 13.2. The number of carboxylic acids is 1. The fraction of sp³-hybridized carbons (Fsp3) is 0.333. The van der Waals surface area contributed by atoms with Crippen LogP contribution in [0.25, 0.3) is 0 Å². The number of morpholine rings is 1. The fourth-order valence-corrected chi connectivity index (χ4v) is 2.01. The molecule has 0 spiro atoms. The maximum Gasteiger partial charge on any atom is 0.335 e. The number of carbonyl (C=O) groups excluding carboxylic acids is 1. The van der Waals surface area contributed by atoms with Crippen LogP contribution >= 0.6 is 0 Å². The van der Waals surface area contributed by atoms with Crippen LogP contribution in [0.2, 0.25) is 0 Å². The predicted molar refractivity (Wildman–Crippen MR) is 59.3 cm³/mol. The second-order valence-electron chi connectivity index (χ2n) is 4.07. The summed E-state index contributed by atoms with van der Waals surface area (Å²) in [6.45, 7) is -0.278. The first kappa shape index (κ1) is 12.5. The average molecular weight is 253 g/mol. The van der Waals surface area contributed by atoms with Crippen molar-refractivity contribution in [1.82, 2.24) is 4.90 Å². The molecule has 18 heavy (non-hydrogen) atoms. The van der Waals surface area contributed by atoms with Gasteiger partial charge in [-0.25, -0.2) is 9.18 Å². The van der Waals surface area contributed by atoms with E-state index < -0.39 is 23.9 Å². The van der Waals surface area contributed by atoms with E-state index in [2.05, 4.69) is 0 Å². The Hall–Kier alpha value is -1.95. The molecule has 0 unspecified atom stereocenters. The van der Waals surface area contributed by atoms with Crippen molar-refractivity contribution in [2.75, 3.05) is 13.7 Å². The van der Waals surface area contributed by atoms with Gasteiger partial charge in [-0.15, -0.1) is 0 Å². The highest BCUT2D eigenvalue weighted by Crippen LogP contribution is 2.29. The summed E-state index contributed by atoms with van der Waals surface area (Å²) < 4.78 is 18.2. The number of nitrogens with zero attached hydrogens (tertiary/aromatic N) is 1. The highest BCUT2D eigenvalue weighted by molar-refractivity contribution is 5.82. The Morgan fingerprint density at radius 1 is 1.56 bits per heavy atom. The zero-order valence-electron chi connectivity index (χ0n) is 9.67. The van der Waals surface area contributed by atoms with Crippen LogP contribution < -0.4 is 0 Å². The van der Waals surface area contributed by atoms with Crippen molar-refractivity contribution in [3.05, 3.63) is 35.6 Å². The van der Waals surface area contributed by atoms with E-state index in [1.54, 1.807) is 6.07 Å². The average Bonchev–Trinajstić information content (AvgIpc) is 2.32. The van der Waals surface area contributed by atoms with Gasteiger partial charge in [0, 0.05) is 7.05 Å². The molecular formula is C12H12FNO4. The van der Waals surface area contributed by atoms with Crippen LogP contribution in [0, 0.1) is 5.82 Å². The van der Waals surface area contributed by atoms with Crippen LogP contribution in [0.4, 0.5) is 4.39 Å². The maximum absolute atomic E-state index is 13.2. The quantitative estimate of drug-likeness (QED) is 0.847. The summed E-state index contributed by atoms with van der Waals surface area (Å²) >= 11 is 0. The highest BCUT2D eigenvalue weighted by Gasteiger charge is 2.40. The van der Waals surface area contributed by atoms with E-state index >= 15 is 0 Å². The molecule has 1 heterocycles. The minimum Gasteiger partial charge on any atom is -0.479 e. The Morgan fingerprint density at radius 2 is 2.28 bits per heavy atom. The number of likely N-dealkylation sites (N-methyl/N-ethyl adjacent to an activating group) is 1. The third-order valence-electron chi connectivity index (χ3n) is 2.92. The number of halogens is 1. The van der Waals surface area contributed by atoms with Gasteiger partial charge in [0.05, 0.1) is 6.04 Å². The van der Waals surface area contributed by atoms with E-state index in [4.69, 9.17) is 9.84 Å². The van der Waals surface area contributed by atoms with Gasteiger partial charge in [0.1, 0.15) is 12.4 Å². The third kappa shape index (κ3) is 2.19. The summed E-state index contributed by atoms with van der Waals surface area (Å²) in [4.78, 5) is 23.9. The zero-order chi connectivity index (χ0) is 13.3. The summed E-state index contributed by atoms with van der Waals surface area (Å²) in [5.74, 6) is -1.99. The number of carbonyl (C=O) groups is 2. The zero-order valence-corrected chi connectivity index (χ0v) is 9.67. The Morgan fingerprint density at radius 3 is 2.89 bits per heavy atom. The van der Waals surface area contributed by atoms with Crippen LogP contribution in [0.3, 0.4) is 0 Å². The molecule has 1 saturated heterocycles. The van der Waals surface area contributed by atoms with Gasteiger partial charge in [-0.2, -0.15) is 0 Å². The molecule has 1 aromatic rings. The number of benzene rings is 1. The van der Waals surface area contributed by atoms with Crippen LogP contribution in [0.15, 0.2) is 24.3 Å². The van der Waals surface area contributed by atoms with Crippen molar-refractivity contribution >= 4 is 11.9 Å². The van der Waals surface area contributed by atoms with Crippen molar-refractivity contribution in [3.8, 4) is 0 Å². The van der Waals surface area contributed by atoms with Crippen LogP contribution in [0.1, 0.15) is 11.6 Å². The minimum absolute atomic E-state index is 0.278. The van der Waals surface area contributed by atoms with Gasteiger partial charge in [-0.05, 0) is 17.7 Å². The van der Waals surface area contributed by atoms with E-state index in [0.717, 1.165) is 0 Å². The normalized spacial score (nSPS) is 24.1. The lowest BCUT2D eigenvalue weighted by Crippen LogP contribution is -2.50. The molecule has 1 aliphatic heterocycles. The lowest BCUT2D eigenvalue weighted by atomic mass is 9.98. The molecule has 1 N–H and O–H groups in total. The molecule has 1 aliphatic rings. The van der Waals surface area contributed by atoms with Crippen LogP contribution in [0.5, 0.6) is 0 Å². The first-order chi connectivity index (χ1) is 8.50. The first-order valence-corrected chi connectivity index (χ1v) is 5.36. The van der Waals surface area contributed by atoms with Crippen LogP contribution in [-0.2, 0) is 14.3 Å². The predicted octanol–water partition coefficient (Wildman–Crippen LogP) is 0.809. The number of hydrogen-bond donors (Lipinski definition) is 1. The van der Waals surface area contributed by atoms with E-state index in [9.17, 15) is 14.0 Å². The van der Waals surface area contributed by atoms with E-state index in [1.165, 1.54) is 30.1 Å². The molecule has 1 aromatic carbocycles. The molecule has 2 atom stereocenters. The fourth-order valence-electron chi connectivity index (χ4n) is 2.01. The van der Waals surface area contributed by atoms with Gasteiger partial charge in [-0.3, -0.25) is 4.79 Å². The lowest BCUT2D eigenvalue weighted by Gasteiger charge is -2.37. The Balaban J connectivity index is 2.41. The first-order valence-electron chi connectivity index (χ1n) is 5.36. The molecule has 0 aromatic heterocycles. The van der Waals surface area contributed by atoms with Gasteiger partial charge in [0.2, 0.25) is 5.91 Å². The molecule has 2 rings (SSSR count). The standard InChI is InChI=1S/C12H12FNO4/c1-14-9(15)6-18-11(12(16)17)10(14)7-3-2-4-8(13)5-7/h2-5,10-11H,6H2,1H3,(H,16,17)/t10-,11+/m1/s1. The van der Waals surface area contributed by atoms with E-state index in [-0.39, 0.29) is 12.5 Å². The largest absolute Gasteiger partial charge is 0.479 e. The minimum atomic E-state index is -1.19.